The zero-order valence-corrected chi connectivity index (χ0v) is 11.5. The summed E-state index contributed by atoms with van der Waals surface area (Å²) in [5, 5.41) is 10.1. The molecule has 1 N–H and O–H groups in total. The molecule has 1 aliphatic carbocycles. The van der Waals surface area contributed by atoms with Gasteiger partial charge in [0.15, 0.2) is 5.13 Å². The van der Waals surface area contributed by atoms with Crippen molar-refractivity contribution in [3.63, 3.8) is 0 Å². The molecule has 0 spiro atoms. The van der Waals surface area contributed by atoms with Crippen molar-refractivity contribution in [2.75, 3.05) is 11.9 Å². The molecular formula is C14H15FN2OS. The van der Waals surface area contributed by atoms with Crippen LogP contribution >= 0.6 is 11.3 Å². The Balaban J connectivity index is 1.95. The number of thiazole rings is 1. The number of hydrogen-bond donors (Lipinski definition) is 1. The number of benzene rings is 1. The van der Waals surface area contributed by atoms with Gasteiger partial charge in [-0.1, -0.05) is 23.5 Å². The summed E-state index contributed by atoms with van der Waals surface area (Å²) in [6.07, 6.45) is 2.28. The standard InChI is InChI=1S/C14H15FN2OS/c1-17(11-5-3-2-4-10(11)15)14-16-13(9-6-7-9)12(8-18)19-14/h2-5,9,18H,6-8H2,1H3. The van der Waals surface area contributed by atoms with Gasteiger partial charge in [0.2, 0.25) is 0 Å². The molecule has 3 nitrogen and oxygen atoms in total. The van der Waals surface area contributed by atoms with Crippen molar-refractivity contribution in [1.82, 2.24) is 4.98 Å². The monoisotopic (exact) mass is 278 g/mol. The molecule has 1 aliphatic rings. The predicted molar refractivity (Wildman–Crippen MR) is 74.5 cm³/mol. The predicted octanol–water partition coefficient (Wildman–Crippen LogP) is 3.42. The van der Waals surface area contributed by atoms with Gasteiger partial charge in [-0.25, -0.2) is 9.37 Å². The zero-order valence-electron chi connectivity index (χ0n) is 10.6. The van der Waals surface area contributed by atoms with E-state index in [0.29, 0.717) is 11.6 Å². The molecule has 0 saturated heterocycles. The fourth-order valence-electron chi connectivity index (χ4n) is 2.11. The van der Waals surface area contributed by atoms with E-state index >= 15 is 0 Å². The highest BCUT2D eigenvalue weighted by molar-refractivity contribution is 7.15. The molecule has 100 valence electrons. The molecule has 3 rings (SSSR count). The molecule has 0 atom stereocenters. The number of aromatic nitrogens is 1. The van der Waals surface area contributed by atoms with Crippen molar-refractivity contribution in [2.24, 2.45) is 0 Å². The Bertz CT molecular complexity index is 595. The molecule has 0 radical (unpaired) electrons. The van der Waals surface area contributed by atoms with Gasteiger partial charge < -0.3 is 10.0 Å². The molecule has 5 heteroatoms. The van der Waals surface area contributed by atoms with Crippen LogP contribution in [-0.2, 0) is 6.61 Å². The first-order chi connectivity index (χ1) is 9.20. The highest BCUT2D eigenvalue weighted by Gasteiger charge is 2.30. The fourth-order valence-corrected chi connectivity index (χ4v) is 3.09. The maximum atomic E-state index is 13.8. The van der Waals surface area contributed by atoms with Crippen molar-refractivity contribution in [2.45, 2.75) is 25.4 Å². The van der Waals surface area contributed by atoms with Gasteiger partial charge in [0.25, 0.3) is 0 Å². The minimum atomic E-state index is -0.265. The molecular weight excluding hydrogens is 263 g/mol. The molecule has 1 fully saturated rings. The van der Waals surface area contributed by atoms with Crippen LogP contribution in [0.2, 0.25) is 0 Å². The summed E-state index contributed by atoms with van der Waals surface area (Å²) in [6, 6.07) is 6.64. The second-order valence-corrected chi connectivity index (χ2v) is 5.81. The molecule has 0 amide bonds. The third-order valence-electron chi connectivity index (χ3n) is 3.32. The number of halogens is 1. The minimum Gasteiger partial charge on any atom is -0.391 e. The zero-order chi connectivity index (χ0) is 13.4. The average Bonchev–Trinajstić information content (AvgIpc) is 3.18. The summed E-state index contributed by atoms with van der Waals surface area (Å²) >= 11 is 1.44. The first-order valence-electron chi connectivity index (χ1n) is 6.29. The molecule has 1 saturated carbocycles. The van der Waals surface area contributed by atoms with Crippen molar-refractivity contribution >= 4 is 22.2 Å². The Hall–Kier alpha value is -1.46. The Kier molecular flexibility index (Phi) is 3.24. The van der Waals surface area contributed by atoms with E-state index < -0.39 is 0 Å². The van der Waals surface area contributed by atoms with E-state index in [0.717, 1.165) is 28.5 Å². The number of para-hydroxylation sites is 1. The molecule has 1 aromatic heterocycles. The highest BCUT2D eigenvalue weighted by atomic mass is 32.1. The normalized spacial score (nSPS) is 14.7. The number of nitrogens with zero attached hydrogens (tertiary/aromatic N) is 2. The molecule has 2 aromatic rings. The number of aliphatic hydroxyl groups is 1. The van der Waals surface area contributed by atoms with Gasteiger partial charge in [-0.05, 0) is 25.0 Å². The van der Waals surface area contributed by atoms with E-state index in [4.69, 9.17) is 0 Å². The van der Waals surface area contributed by atoms with E-state index in [1.807, 2.05) is 0 Å². The lowest BCUT2D eigenvalue weighted by atomic mass is 10.2. The lowest BCUT2D eigenvalue weighted by Crippen LogP contribution is -2.10. The van der Waals surface area contributed by atoms with Crippen LogP contribution in [0, 0.1) is 5.82 Å². The molecule has 0 bridgehead atoms. The van der Waals surface area contributed by atoms with Gasteiger partial charge >= 0.3 is 0 Å². The van der Waals surface area contributed by atoms with Crippen LogP contribution in [0.5, 0.6) is 0 Å². The van der Waals surface area contributed by atoms with Gasteiger partial charge in [0.1, 0.15) is 5.82 Å². The van der Waals surface area contributed by atoms with Crippen LogP contribution in [0.1, 0.15) is 29.3 Å². The molecule has 1 aromatic carbocycles. The van der Waals surface area contributed by atoms with Crippen molar-refractivity contribution < 1.29 is 9.50 Å². The van der Waals surface area contributed by atoms with Gasteiger partial charge in [0.05, 0.1) is 22.9 Å². The lowest BCUT2D eigenvalue weighted by molar-refractivity contribution is 0.284. The van der Waals surface area contributed by atoms with Crippen LogP contribution < -0.4 is 4.90 Å². The SMILES string of the molecule is CN(c1nc(C2CC2)c(CO)s1)c1ccccc1F. The maximum absolute atomic E-state index is 13.8. The Morgan fingerprint density at radius 1 is 1.42 bits per heavy atom. The molecule has 1 heterocycles. The van der Waals surface area contributed by atoms with Crippen LogP contribution in [0.4, 0.5) is 15.2 Å². The Labute approximate surface area is 115 Å². The first-order valence-corrected chi connectivity index (χ1v) is 7.11. The Morgan fingerprint density at radius 3 is 2.79 bits per heavy atom. The third kappa shape index (κ3) is 2.35. The van der Waals surface area contributed by atoms with E-state index in [1.165, 1.54) is 17.4 Å². The molecule has 0 unspecified atom stereocenters. The summed E-state index contributed by atoms with van der Waals surface area (Å²) in [5.41, 5.74) is 1.49. The summed E-state index contributed by atoms with van der Waals surface area (Å²) in [5.74, 6) is 0.222. The summed E-state index contributed by atoms with van der Waals surface area (Å²) in [7, 11) is 1.80. The number of aliphatic hydroxyl groups excluding tert-OH is 1. The lowest BCUT2D eigenvalue weighted by Gasteiger charge is -2.16. The van der Waals surface area contributed by atoms with Crippen LogP contribution in [-0.4, -0.2) is 17.1 Å². The number of anilines is 2. The quantitative estimate of drug-likeness (QED) is 0.931. The topological polar surface area (TPSA) is 36.4 Å². The smallest absolute Gasteiger partial charge is 0.190 e. The van der Waals surface area contributed by atoms with Gasteiger partial charge in [-0.15, -0.1) is 0 Å². The first kappa shape index (κ1) is 12.6. The van der Waals surface area contributed by atoms with Gasteiger partial charge in [-0.2, -0.15) is 0 Å². The Morgan fingerprint density at radius 2 is 2.16 bits per heavy atom. The number of rotatable bonds is 4. The minimum absolute atomic E-state index is 0.00854. The average molecular weight is 278 g/mol. The van der Waals surface area contributed by atoms with E-state index in [-0.39, 0.29) is 12.4 Å². The van der Waals surface area contributed by atoms with Crippen molar-refractivity contribution in [1.29, 1.82) is 0 Å². The number of hydrogen-bond acceptors (Lipinski definition) is 4. The molecule has 0 aliphatic heterocycles. The van der Waals surface area contributed by atoms with Gasteiger partial charge in [0, 0.05) is 13.0 Å². The van der Waals surface area contributed by atoms with Crippen molar-refractivity contribution in [3.05, 3.63) is 40.7 Å². The fraction of sp³-hybridized carbons (Fsp3) is 0.357. The summed E-state index contributed by atoms with van der Waals surface area (Å²) in [4.78, 5) is 7.22. The molecule has 19 heavy (non-hydrogen) atoms. The second-order valence-electron chi connectivity index (χ2n) is 4.75. The maximum Gasteiger partial charge on any atom is 0.190 e. The van der Waals surface area contributed by atoms with Crippen molar-refractivity contribution in [3.8, 4) is 0 Å². The van der Waals surface area contributed by atoms with Crippen LogP contribution in [0.15, 0.2) is 24.3 Å². The summed E-state index contributed by atoms with van der Waals surface area (Å²) in [6.45, 7) is 0.00854. The van der Waals surface area contributed by atoms with Crippen LogP contribution in [0.25, 0.3) is 0 Å². The second kappa shape index (κ2) is 4.90. The van der Waals surface area contributed by atoms with Gasteiger partial charge in [-0.3, -0.25) is 0 Å². The van der Waals surface area contributed by atoms with E-state index in [9.17, 15) is 9.50 Å². The van der Waals surface area contributed by atoms with E-state index in [2.05, 4.69) is 4.98 Å². The summed E-state index contributed by atoms with van der Waals surface area (Å²) < 4.78 is 13.8. The largest absolute Gasteiger partial charge is 0.391 e. The van der Waals surface area contributed by atoms with E-state index in [1.54, 1.807) is 30.1 Å². The third-order valence-corrected chi connectivity index (χ3v) is 4.46. The highest BCUT2D eigenvalue weighted by Crippen LogP contribution is 2.44. The van der Waals surface area contributed by atoms with Crippen LogP contribution in [0.3, 0.4) is 0 Å².